The number of anilines is 3. The van der Waals surface area contributed by atoms with Gasteiger partial charge in [-0.25, -0.2) is 0 Å². The van der Waals surface area contributed by atoms with Crippen molar-refractivity contribution in [2.24, 2.45) is 0 Å². The largest absolute Gasteiger partial charge is 0.369 e. The first-order chi connectivity index (χ1) is 16.3. The fourth-order valence-corrected chi connectivity index (χ4v) is 4.41. The van der Waals surface area contributed by atoms with Crippen LogP contribution < -0.4 is 10.2 Å². The lowest BCUT2D eigenvalue weighted by Crippen LogP contribution is -2.46. The minimum Gasteiger partial charge on any atom is -0.369 e. The zero-order valence-electron chi connectivity index (χ0n) is 18.6. The summed E-state index contributed by atoms with van der Waals surface area (Å²) in [6.07, 6.45) is 2.46. The number of aromatic nitrogens is 1. The van der Waals surface area contributed by atoms with Crippen LogP contribution in [0.2, 0.25) is 0 Å². The van der Waals surface area contributed by atoms with Crippen LogP contribution in [0.4, 0.5) is 17.1 Å². The van der Waals surface area contributed by atoms with Crippen LogP contribution in [0.15, 0.2) is 85.1 Å². The van der Waals surface area contributed by atoms with E-state index in [9.17, 15) is 0 Å². The van der Waals surface area contributed by atoms with E-state index in [1.165, 1.54) is 16.8 Å². The van der Waals surface area contributed by atoms with Crippen molar-refractivity contribution in [1.29, 1.82) is 5.26 Å². The van der Waals surface area contributed by atoms with Crippen LogP contribution in [-0.2, 0) is 0 Å². The van der Waals surface area contributed by atoms with Gasteiger partial charge in [0.2, 0.25) is 0 Å². The molecule has 1 fully saturated rings. The molecule has 0 radical (unpaired) electrons. The molecule has 0 aliphatic carbocycles. The van der Waals surface area contributed by atoms with Crippen LogP contribution in [0.1, 0.15) is 6.42 Å². The molecular formula is C28H27N5. The van der Waals surface area contributed by atoms with Crippen molar-refractivity contribution in [2.45, 2.75) is 6.42 Å². The van der Waals surface area contributed by atoms with Gasteiger partial charge in [0, 0.05) is 67.8 Å². The quantitative estimate of drug-likeness (QED) is 0.424. The highest BCUT2D eigenvalue weighted by Crippen LogP contribution is 2.30. The Morgan fingerprint density at radius 1 is 0.848 bits per heavy atom. The molecule has 1 aromatic heterocycles. The molecule has 1 aliphatic rings. The van der Waals surface area contributed by atoms with Crippen molar-refractivity contribution in [2.75, 3.05) is 42.9 Å². The second-order valence-corrected chi connectivity index (χ2v) is 8.37. The third kappa shape index (κ3) is 4.82. The van der Waals surface area contributed by atoms with E-state index >= 15 is 0 Å². The molecule has 33 heavy (non-hydrogen) atoms. The molecule has 0 amide bonds. The molecule has 1 aliphatic heterocycles. The number of fused-ring (bicyclic) bond motifs is 1. The highest BCUT2D eigenvalue weighted by atomic mass is 15.3. The van der Waals surface area contributed by atoms with Gasteiger partial charge in [0.1, 0.15) is 0 Å². The van der Waals surface area contributed by atoms with Gasteiger partial charge in [0.25, 0.3) is 0 Å². The van der Waals surface area contributed by atoms with Crippen molar-refractivity contribution >= 4 is 28.0 Å². The number of piperazine rings is 1. The fraction of sp³-hybridized carbons (Fsp3) is 0.214. The van der Waals surface area contributed by atoms with Crippen molar-refractivity contribution in [1.82, 2.24) is 9.88 Å². The van der Waals surface area contributed by atoms with E-state index in [4.69, 9.17) is 5.26 Å². The third-order valence-corrected chi connectivity index (χ3v) is 6.27. The summed E-state index contributed by atoms with van der Waals surface area (Å²) < 4.78 is 0. The molecule has 4 aromatic rings. The second-order valence-electron chi connectivity index (χ2n) is 8.37. The Kier molecular flexibility index (Phi) is 6.19. The van der Waals surface area contributed by atoms with Crippen LogP contribution in [0.3, 0.4) is 0 Å². The van der Waals surface area contributed by atoms with E-state index < -0.39 is 0 Å². The minimum atomic E-state index is 0.608. The van der Waals surface area contributed by atoms with E-state index in [-0.39, 0.29) is 0 Å². The smallest absolute Gasteiger partial charge is 0.0723 e. The standard InChI is InChI=1S/C28H27N5/c29-14-4-16-32-17-19-33(20-18-32)25-10-8-24(9-11-25)31-28-13-15-30-27-12-7-23(21-26(27)28)22-5-2-1-3-6-22/h1-3,5-13,15,21H,4,16-20H2,(H,30,31). The van der Waals surface area contributed by atoms with Crippen LogP contribution in [0, 0.1) is 11.3 Å². The molecule has 0 saturated carbocycles. The third-order valence-electron chi connectivity index (χ3n) is 6.27. The number of benzene rings is 3. The summed E-state index contributed by atoms with van der Waals surface area (Å²) in [5.41, 5.74) is 6.72. The number of nitrogens with one attached hydrogen (secondary N) is 1. The lowest BCUT2D eigenvalue weighted by atomic mass is 10.0. The van der Waals surface area contributed by atoms with Gasteiger partial charge in [0.05, 0.1) is 11.6 Å². The Balaban J connectivity index is 1.31. The molecule has 5 nitrogen and oxygen atoms in total. The Morgan fingerprint density at radius 3 is 2.39 bits per heavy atom. The maximum atomic E-state index is 8.79. The number of nitrogens with zero attached hydrogens (tertiary/aromatic N) is 4. The zero-order chi connectivity index (χ0) is 22.5. The number of nitriles is 1. The summed E-state index contributed by atoms with van der Waals surface area (Å²) in [4.78, 5) is 9.34. The predicted molar refractivity (Wildman–Crippen MR) is 136 cm³/mol. The zero-order valence-corrected chi connectivity index (χ0v) is 18.6. The van der Waals surface area contributed by atoms with Gasteiger partial charge in [-0.1, -0.05) is 36.4 Å². The molecule has 3 aromatic carbocycles. The van der Waals surface area contributed by atoms with Gasteiger partial charge < -0.3 is 10.2 Å². The minimum absolute atomic E-state index is 0.608. The molecule has 0 unspecified atom stereocenters. The van der Waals surface area contributed by atoms with Gasteiger partial charge in [-0.2, -0.15) is 5.26 Å². The van der Waals surface area contributed by atoms with Gasteiger partial charge in [-0.15, -0.1) is 0 Å². The van der Waals surface area contributed by atoms with Gasteiger partial charge >= 0.3 is 0 Å². The summed E-state index contributed by atoms with van der Waals surface area (Å²) in [6.45, 7) is 4.88. The first-order valence-electron chi connectivity index (χ1n) is 11.5. The molecule has 2 heterocycles. The van der Waals surface area contributed by atoms with Crippen LogP contribution in [0.25, 0.3) is 22.0 Å². The van der Waals surface area contributed by atoms with E-state index in [2.05, 4.69) is 92.9 Å². The molecule has 0 atom stereocenters. The first kappa shape index (κ1) is 21.0. The van der Waals surface area contributed by atoms with Crippen molar-refractivity contribution < 1.29 is 0 Å². The van der Waals surface area contributed by atoms with Crippen LogP contribution >= 0.6 is 0 Å². The summed E-state index contributed by atoms with van der Waals surface area (Å²) >= 11 is 0. The van der Waals surface area contributed by atoms with E-state index in [1.807, 2.05) is 18.3 Å². The van der Waals surface area contributed by atoms with Crippen LogP contribution in [-0.4, -0.2) is 42.6 Å². The summed E-state index contributed by atoms with van der Waals surface area (Å²) in [7, 11) is 0. The maximum Gasteiger partial charge on any atom is 0.0723 e. The van der Waals surface area contributed by atoms with Crippen LogP contribution in [0.5, 0.6) is 0 Å². The molecule has 5 rings (SSSR count). The van der Waals surface area contributed by atoms with Gasteiger partial charge in [-0.05, 0) is 53.6 Å². The van der Waals surface area contributed by atoms with Gasteiger partial charge in [-0.3, -0.25) is 9.88 Å². The fourth-order valence-electron chi connectivity index (χ4n) is 4.41. The Labute approximate surface area is 194 Å². The molecular weight excluding hydrogens is 406 g/mol. The number of pyridine rings is 1. The lowest BCUT2D eigenvalue weighted by Gasteiger charge is -2.35. The van der Waals surface area contributed by atoms with E-state index in [1.54, 1.807) is 0 Å². The maximum absolute atomic E-state index is 8.79. The van der Waals surface area contributed by atoms with Crippen molar-refractivity contribution in [3.8, 4) is 17.2 Å². The SMILES string of the molecule is N#CCCN1CCN(c2ccc(Nc3ccnc4ccc(-c5ccccc5)cc34)cc2)CC1. The highest BCUT2D eigenvalue weighted by molar-refractivity contribution is 5.95. The number of hydrogen-bond acceptors (Lipinski definition) is 5. The lowest BCUT2D eigenvalue weighted by molar-refractivity contribution is 0.263. The molecule has 0 spiro atoms. The van der Waals surface area contributed by atoms with Gasteiger partial charge in [0.15, 0.2) is 0 Å². The average Bonchev–Trinajstić information content (AvgIpc) is 2.89. The summed E-state index contributed by atoms with van der Waals surface area (Å²) in [6, 6.07) is 29.8. The normalized spacial score (nSPS) is 14.2. The molecule has 1 saturated heterocycles. The van der Waals surface area contributed by atoms with E-state index in [0.717, 1.165) is 55.0 Å². The Hall–Kier alpha value is -3.88. The van der Waals surface area contributed by atoms with E-state index in [0.29, 0.717) is 6.42 Å². The number of rotatable bonds is 6. The predicted octanol–water partition coefficient (Wildman–Crippen LogP) is 5.68. The van der Waals surface area contributed by atoms with Crippen molar-refractivity contribution in [3.63, 3.8) is 0 Å². The Morgan fingerprint density at radius 2 is 1.64 bits per heavy atom. The summed E-state index contributed by atoms with van der Waals surface area (Å²) in [5.74, 6) is 0. The molecule has 1 N–H and O–H groups in total. The Bertz CT molecular complexity index is 1250. The molecule has 0 bridgehead atoms. The first-order valence-corrected chi connectivity index (χ1v) is 11.5. The average molecular weight is 434 g/mol. The number of hydrogen-bond donors (Lipinski definition) is 1. The molecule has 5 heteroatoms. The van der Waals surface area contributed by atoms with Crippen molar-refractivity contribution in [3.05, 3.63) is 85.1 Å². The second kappa shape index (κ2) is 9.72. The summed E-state index contributed by atoms with van der Waals surface area (Å²) in [5, 5.41) is 13.5. The monoisotopic (exact) mass is 433 g/mol. The molecule has 164 valence electrons. The topological polar surface area (TPSA) is 55.2 Å². The highest BCUT2D eigenvalue weighted by Gasteiger charge is 2.16.